The topological polar surface area (TPSA) is 77.3 Å². The standard InChI is InChI=1S/C50H32N6/c1-2-12-47-37(7-1)22-50(49-14-4-3-13-48(47)49)40-18-38(33-8-5-10-35(15-33)41-20-43(25-51-23-41)45-27-53-31-54-28-45)17-39(19-40)34-9-6-11-36(16-34)42-21-44(26-52-24-42)46-29-55-32-56-30-46/h1-32H. The fraction of sp³-hybridized carbons (Fsp3) is 0. The van der Waals surface area contributed by atoms with Crippen LogP contribution in [0, 0.1) is 0 Å². The minimum absolute atomic E-state index is 0.928. The lowest BCUT2D eigenvalue weighted by atomic mass is 9.88. The molecule has 262 valence electrons. The van der Waals surface area contributed by atoms with Gasteiger partial charge in [-0.15, -0.1) is 0 Å². The minimum Gasteiger partial charge on any atom is -0.263 e. The Labute approximate surface area is 324 Å². The molecule has 6 nitrogen and oxygen atoms in total. The maximum Gasteiger partial charge on any atom is 0.115 e. The fourth-order valence-electron chi connectivity index (χ4n) is 7.57. The third-order valence-corrected chi connectivity index (χ3v) is 10.3. The fourth-order valence-corrected chi connectivity index (χ4v) is 7.57. The smallest absolute Gasteiger partial charge is 0.115 e. The van der Waals surface area contributed by atoms with E-state index in [1.54, 1.807) is 12.7 Å². The molecule has 0 radical (unpaired) electrons. The quantitative estimate of drug-likeness (QED) is 0.153. The summed E-state index contributed by atoms with van der Waals surface area (Å²) in [5, 5.41) is 4.92. The van der Waals surface area contributed by atoms with Gasteiger partial charge in [-0.3, -0.25) is 9.97 Å². The van der Waals surface area contributed by atoms with Crippen molar-refractivity contribution in [3.63, 3.8) is 0 Å². The molecule has 0 atom stereocenters. The van der Waals surface area contributed by atoms with Crippen LogP contribution in [0.4, 0.5) is 0 Å². The van der Waals surface area contributed by atoms with Crippen molar-refractivity contribution in [3.05, 3.63) is 196 Å². The lowest BCUT2D eigenvalue weighted by molar-refractivity contribution is 1.17. The van der Waals surface area contributed by atoms with E-state index < -0.39 is 0 Å². The molecule has 6 aromatic carbocycles. The first-order chi connectivity index (χ1) is 27.7. The molecule has 0 aliphatic heterocycles. The van der Waals surface area contributed by atoms with Crippen molar-refractivity contribution in [1.29, 1.82) is 0 Å². The normalized spacial score (nSPS) is 11.2. The number of aromatic nitrogens is 6. The highest BCUT2D eigenvalue weighted by atomic mass is 14.8. The van der Waals surface area contributed by atoms with Crippen LogP contribution < -0.4 is 0 Å². The zero-order chi connectivity index (χ0) is 37.3. The molecular weight excluding hydrogens is 685 g/mol. The van der Waals surface area contributed by atoms with Gasteiger partial charge < -0.3 is 0 Å². The molecule has 0 bridgehead atoms. The van der Waals surface area contributed by atoms with E-state index in [0.717, 1.165) is 72.3 Å². The number of nitrogens with zero attached hydrogens (tertiary/aromatic N) is 6. The first-order valence-electron chi connectivity index (χ1n) is 18.4. The van der Waals surface area contributed by atoms with Crippen molar-refractivity contribution in [2.45, 2.75) is 0 Å². The summed E-state index contributed by atoms with van der Waals surface area (Å²) in [5.41, 5.74) is 14.8. The number of hydrogen-bond acceptors (Lipinski definition) is 6. The monoisotopic (exact) mass is 716 g/mol. The summed E-state index contributed by atoms with van der Waals surface area (Å²) >= 11 is 0. The Morgan fingerprint density at radius 1 is 0.232 bits per heavy atom. The van der Waals surface area contributed by atoms with E-state index in [1.807, 2.05) is 49.6 Å². The second kappa shape index (κ2) is 14.3. The van der Waals surface area contributed by atoms with E-state index in [0.29, 0.717) is 0 Å². The molecule has 0 saturated carbocycles. The van der Waals surface area contributed by atoms with Crippen molar-refractivity contribution in [1.82, 2.24) is 29.9 Å². The first kappa shape index (κ1) is 32.9. The number of benzene rings is 6. The average molecular weight is 717 g/mol. The van der Waals surface area contributed by atoms with E-state index >= 15 is 0 Å². The summed E-state index contributed by atoms with van der Waals surface area (Å²) in [6.45, 7) is 0. The third kappa shape index (κ3) is 6.35. The summed E-state index contributed by atoms with van der Waals surface area (Å²) in [7, 11) is 0. The van der Waals surface area contributed by atoms with E-state index in [-0.39, 0.29) is 0 Å². The highest BCUT2D eigenvalue weighted by Crippen LogP contribution is 2.40. The van der Waals surface area contributed by atoms with Crippen LogP contribution in [-0.2, 0) is 0 Å². The lowest BCUT2D eigenvalue weighted by Crippen LogP contribution is -1.90. The van der Waals surface area contributed by atoms with Crippen LogP contribution in [0.3, 0.4) is 0 Å². The summed E-state index contributed by atoms with van der Waals surface area (Å²) in [6, 6.07) is 48.4. The third-order valence-electron chi connectivity index (χ3n) is 10.3. The molecule has 0 saturated heterocycles. The predicted octanol–water partition coefficient (Wildman–Crippen LogP) is 12.0. The zero-order valence-corrected chi connectivity index (χ0v) is 30.2. The van der Waals surface area contributed by atoms with Crippen LogP contribution in [0.15, 0.2) is 196 Å². The average Bonchev–Trinajstić information content (AvgIpc) is 3.29. The zero-order valence-electron chi connectivity index (χ0n) is 30.2. The van der Waals surface area contributed by atoms with Gasteiger partial charge in [0.2, 0.25) is 0 Å². The first-order valence-corrected chi connectivity index (χ1v) is 18.4. The van der Waals surface area contributed by atoms with Gasteiger partial charge in [0.15, 0.2) is 0 Å². The number of fused-ring (bicyclic) bond motifs is 3. The highest BCUT2D eigenvalue weighted by molar-refractivity contribution is 6.14. The van der Waals surface area contributed by atoms with Crippen molar-refractivity contribution in [3.8, 4) is 77.9 Å². The van der Waals surface area contributed by atoms with Gasteiger partial charge in [0, 0.05) is 83.0 Å². The van der Waals surface area contributed by atoms with Crippen LogP contribution in [-0.4, -0.2) is 29.9 Å². The van der Waals surface area contributed by atoms with Crippen molar-refractivity contribution >= 4 is 21.5 Å². The number of pyridine rings is 2. The molecule has 10 aromatic rings. The molecule has 0 N–H and O–H groups in total. The summed E-state index contributed by atoms with van der Waals surface area (Å²) in [4.78, 5) is 26.0. The van der Waals surface area contributed by atoms with Crippen LogP contribution in [0.2, 0.25) is 0 Å². The van der Waals surface area contributed by atoms with Crippen molar-refractivity contribution in [2.24, 2.45) is 0 Å². The summed E-state index contributed by atoms with van der Waals surface area (Å²) in [6.07, 6.45) is 17.9. The second-order valence-corrected chi connectivity index (χ2v) is 13.8. The Morgan fingerprint density at radius 3 is 1.14 bits per heavy atom. The van der Waals surface area contributed by atoms with Crippen LogP contribution >= 0.6 is 0 Å². The molecule has 0 amide bonds. The van der Waals surface area contributed by atoms with Gasteiger partial charge in [0.1, 0.15) is 12.7 Å². The Hall–Kier alpha value is -7.70. The van der Waals surface area contributed by atoms with Crippen LogP contribution in [0.5, 0.6) is 0 Å². The maximum atomic E-state index is 4.59. The molecular formula is C50H32N6. The Balaban J connectivity index is 1.13. The van der Waals surface area contributed by atoms with Crippen molar-refractivity contribution in [2.75, 3.05) is 0 Å². The van der Waals surface area contributed by atoms with E-state index in [4.69, 9.17) is 0 Å². The Morgan fingerprint density at radius 2 is 0.607 bits per heavy atom. The van der Waals surface area contributed by atoms with Gasteiger partial charge in [0.05, 0.1) is 0 Å². The summed E-state index contributed by atoms with van der Waals surface area (Å²) < 4.78 is 0. The van der Waals surface area contributed by atoms with Gasteiger partial charge >= 0.3 is 0 Å². The SMILES string of the molecule is c1cc(-c2cncc(-c3cncnc3)c2)cc(-c2cc(-c3cccc(-c4cncc(-c5cncnc5)c4)c3)cc(-c3cc4ccccc4c4ccccc34)c2)c1. The van der Waals surface area contributed by atoms with Crippen molar-refractivity contribution < 1.29 is 0 Å². The highest BCUT2D eigenvalue weighted by Gasteiger charge is 2.14. The molecule has 4 heterocycles. The second-order valence-electron chi connectivity index (χ2n) is 13.8. The molecule has 56 heavy (non-hydrogen) atoms. The predicted molar refractivity (Wildman–Crippen MR) is 226 cm³/mol. The minimum atomic E-state index is 0.928. The molecule has 0 aliphatic rings. The molecule has 6 heteroatoms. The number of rotatable bonds is 7. The molecule has 10 rings (SSSR count). The number of hydrogen-bond donors (Lipinski definition) is 0. The van der Waals surface area contributed by atoms with Crippen LogP contribution in [0.25, 0.3) is 99.4 Å². The van der Waals surface area contributed by atoms with Gasteiger partial charge in [-0.2, -0.15) is 0 Å². The Kier molecular flexibility index (Phi) is 8.39. The lowest BCUT2D eigenvalue weighted by Gasteiger charge is -2.16. The van der Waals surface area contributed by atoms with E-state index in [2.05, 4.69) is 163 Å². The van der Waals surface area contributed by atoms with Gasteiger partial charge in [-0.05, 0) is 115 Å². The van der Waals surface area contributed by atoms with Crippen LogP contribution in [0.1, 0.15) is 0 Å². The molecule has 0 fully saturated rings. The largest absolute Gasteiger partial charge is 0.263 e. The Bertz CT molecular complexity index is 2890. The van der Waals surface area contributed by atoms with Gasteiger partial charge in [-0.25, -0.2) is 19.9 Å². The molecule has 0 unspecified atom stereocenters. The maximum absolute atomic E-state index is 4.59. The van der Waals surface area contributed by atoms with E-state index in [1.165, 1.54) is 27.1 Å². The van der Waals surface area contributed by atoms with E-state index in [9.17, 15) is 0 Å². The molecule has 0 aliphatic carbocycles. The van der Waals surface area contributed by atoms with Gasteiger partial charge in [0.25, 0.3) is 0 Å². The van der Waals surface area contributed by atoms with Gasteiger partial charge in [-0.1, -0.05) is 84.9 Å². The molecule has 4 aromatic heterocycles. The molecule has 0 spiro atoms. The summed E-state index contributed by atoms with van der Waals surface area (Å²) in [5.74, 6) is 0.